The van der Waals surface area contributed by atoms with Crippen molar-refractivity contribution in [2.45, 2.75) is 27.7 Å². The Kier molecular flexibility index (Phi) is 8.10. The third kappa shape index (κ3) is 5.58. The summed E-state index contributed by atoms with van der Waals surface area (Å²) in [6.45, 7) is 8.94. The van der Waals surface area contributed by atoms with Crippen LogP contribution in [0.5, 0.6) is 17.2 Å². The van der Waals surface area contributed by atoms with Crippen LogP contribution in [0.25, 0.3) is 6.08 Å². The molecule has 0 unspecified atom stereocenters. The zero-order valence-electron chi connectivity index (χ0n) is 18.6. The van der Waals surface area contributed by atoms with Gasteiger partial charge in [-0.15, -0.1) is 0 Å². The van der Waals surface area contributed by atoms with Crippen molar-refractivity contribution in [3.8, 4) is 17.2 Å². The second-order valence-corrected chi connectivity index (χ2v) is 8.55. The number of rotatable bonds is 9. The lowest BCUT2D eigenvalue weighted by Gasteiger charge is -2.15. The lowest BCUT2D eigenvalue weighted by Crippen LogP contribution is -2.32. The van der Waals surface area contributed by atoms with Gasteiger partial charge >= 0.3 is 0 Å². The number of ether oxygens (including phenoxy) is 3. The summed E-state index contributed by atoms with van der Waals surface area (Å²) in [7, 11) is 0. The van der Waals surface area contributed by atoms with Crippen LogP contribution in [0, 0.1) is 13.8 Å². The molecule has 2 amide bonds. The molecule has 0 aliphatic carbocycles. The van der Waals surface area contributed by atoms with Gasteiger partial charge in [0.25, 0.3) is 11.1 Å². The molecule has 1 fully saturated rings. The number of hydrogen-bond acceptors (Lipinski definition) is 6. The van der Waals surface area contributed by atoms with E-state index in [1.165, 1.54) is 4.90 Å². The molecule has 1 saturated heterocycles. The molecule has 0 radical (unpaired) electrons. The number of carbonyl (C=O) groups is 2. The molecule has 1 heterocycles. The van der Waals surface area contributed by atoms with Crippen LogP contribution in [0.3, 0.4) is 0 Å². The van der Waals surface area contributed by atoms with E-state index in [4.69, 9.17) is 25.8 Å². The Morgan fingerprint density at radius 1 is 1.00 bits per heavy atom. The van der Waals surface area contributed by atoms with Crippen molar-refractivity contribution >= 4 is 40.6 Å². The molecule has 2 aromatic carbocycles. The van der Waals surface area contributed by atoms with Crippen LogP contribution in [0.1, 0.15) is 30.5 Å². The van der Waals surface area contributed by atoms with Crippen LogP contribution in [-0.2, 0) is 4.79 Å². The Hall–Kier alpha value is -2.64. The largest absolute Gasteiger partial charge is 0.491 e. The molecule has 32 heavy (non-hydrogen) atoms. The standard InChI is InChI=1S/C24H26ClNO5S/c1-5-29-20-13-17(12-18(25)22(20)30-6-2)14-21-23(27)26(24(28)32-21)9-10-31-19-11-15(3)7-8-16(19)4/h7-8,11-14H,5-6,9-10H2,1-4H3/b21-14-. The van der Waals surface area contributed by atoms with Crippen LogP contribution in [0.2, 0.25) is 5.02 Å². The maximum absolute atomic E-state index is 12.8. The van der Waals surface area contributed by atoms with Crippen molar-refractivity contribution in [2.24, 2.45) is 0 Å². The average Bonchev–Trinajstić information content (AvgIpc) is 3.00. The molecule has 0 N–H and O–H groups in total. The summed E-state index contributed by atoms with van der Waals surface area (Å²) >= 11 is 7.25. The van der Waals surface area contributed by atoms with E-state index in [1.807, 2.05) is 45.9 Å². The Labute approximate surface area is 197 Å². The highest BCUT2D eigenvalue weighted by Gasteiger charge is 2.35. The molecular weight excluding hydrogens is 450 g/mol. The van der Waals surface area contributed by atoms with Gasteiger partial charge in [0.1, 0.15) is 12.4 Å². The molecule has 2 aromatic rings. The first kappa shape index (κ1) is 24.0. The highest BCUT2D eigenvalue weighted by atomic mass is 35.5. The minimum absolute atomic E-state index is 0.170. The molecule has 0 saturated carbocycles. The number of carbonyl (C=O) groups excluding carboxylic acids is 2. The van der Waals surface area contributed by atoms with Gasteiger partial charge in [0.05, 0.1) is 29.7 Å². The lowest BCUT2D eigenvalue weighted by molar-refractivity contribution is -0.123. The third-order valence-electron chi connectivity index (χ3n) is 4.71. The topological polar surface area (TPSA) is 65.1 Å². The molecule has 0 atom stereocenters. The quantitative estimate of drug-likeness (QED) is 0.422. The van der Waals surface area contributed by atoms with Crippen LogP contribution < -0.4 is 14.2 Å². The van der Waals surface area contributed by atoms with Crippen molar-refractivity contribution in [2.75, 3.05) is 26.4 Å². The third-order valence-corrected chi connectivity index (χ3v) is 5.90. The molecule has 6 nitrogen and oxygen atoms in total. The van der Waals surface area contributed by atoms with Crippen LogP contribution in [0.4, 0.5) is 4.79 Å². The summed E-state index contributed by atoms with van der Waals surface area (Å²) in [4.78, 5) is 26.8. The van der Waals surface area contributed by atoms with Gasteiger partial charge in [-0.05, 0) is 80.4 Å². The van der Waals surface area contributed by atoms with Gasteiger partial charge in [0, 0.05) is 0 Å². The first-order valence-corrected chi connectivity index (χ1v) is 11.6. The van der Waals surface area contributed by atoms with E-state index in [2.05, 4.69) is 0 Å². The fourth-order valence-electron chi connectivity index (χ4n) is 3.17. The zero-order valence-corrected chi connectivity index (χ0v) is 20.1. The van der Waals surface area contributed by atoms with Gasteiger partial charge in [-0.25, -0.2) is 0 Å². The monoisotopic (exact) mass is 475 g/mol. The smallest absolute Gasteiger partial charge is 0.293 e. The summed E-state index contributed by atoms with van der Waals surface area (Å²) in [6.07, 6.45) is 1.64. The minimum atomic E-state index is -0.354. The molecule has 1 aliphatic rings. The van der Waals surface area contributed by atoms with Gasteiger partial charge < -0.3 is 14.2 Å². The second-order valence-electron chi connectivity index (χ2n) is 7.15. The van der Waals surface area contributed by atoms with Gasteiger partial charge in [-0.3, -0.25) is 14.5 Å². The highest BCUT2D eigenvalue weighted by molar-refractivity contribution is 8.18. The van der Waals surface area contributed by atoms with Crippen molar-refractivity contribution in [1.82, 2.24) is 4.90 Å². The number of amides is 2. The Bertz CT molecular complexity index is 1050. The Morgan fingerprint density at radius 2 is 1.75 bits per heavy atom. The Balaban J connectivity index is 1.73. The van der Waals surface area contributed by atoms with E-state index in [-0.39, 0.29) is 24.3 Å². The zero-order chi connectivity index (χ0) is 23.3. The maximum atomic E-state index is 12.8. The first-order valence-electron chi connectivity index (χ1n) is 10.4. The number of imide groups is 1. The predicted octanol–water partition coefficient (Wildman–Crippen LogP) is 5.87. The maximum Gasteiger partial charge on any atom is 0.293 e. The van der Waals surface area contributed by atoms with E-state index < -0.39 is 0 Å². The highest BCUT2D eigenvalue weighted by Crippen LogP contribution is 2.39. The molecule has 1 aliphatic heterocycles. The van der Waals surface area contributed by atoms with Gasteiger partial charge in [-0.1, -0.05) is 23.7 Å². The van der Waals surface area contributed by atoms with Crippen molar-refractivity contribution in [3.63, 3.8) is 0 Å². The summed E-state index contributed by atoms with van der Waals surface area (Å²) in [5.74, 6) is 1.35. The normalized spacial score (nSPS) is 14.9. The number of aryl methyl sites for hydroxylation is 2. The molecule has 0 spiro atoms. The summed E-state index contributed by atoms with van der Waals surface area (Å²) in [6, 6.07) is 9.36. The summed E-state index contributed by atoms with van der Waals surface area (Å²) in [5.41, 5.74) is 2.74. The average molecular weight is 476 g/mol. The van der Waals surface area contributed by atoms with Crippen LogP contribution in [0.15, 0.2) is 35.2 Å². The number of benzene rings is 2. The molecule has 0 bridgehead atoms. The van der Waals surface area contributed by atoms with E-state index in [0.29, 0.717) is 40.2 Å². The molecule has 3 rings (SSSR count). The van der Waals surface area contributed by atoms with E-state index in [0.717, 1.165) is 28.6 Å². The van der Waals surface area contributed by atoms with Crippen LogP contribution in [-0.4, -0.2) is 42.4 Å². The van der Waals surface area contributed by atoms with Crippen molar-refractivity contribution in [3.05, 3.63) is 56.9 Å². The molecule has 170 valence electrons. The van der Waals surface area contributed by atoms with Crippen LogP contribution >= 0.6 is 23.4 Å². The number of hydrogen-bond donors (Lipinski definition) is 0. The van der Waals surface area contributed by atoms with Gasteiger partial charge in [0.15, 0.2) is 11.5 Å². The lowest BCUT2D eigenvalue weighted by atomic mass is 10.1. The minimum Gasteiger partial charge on any atom is -0.491 e. The summed E-state index contributed by atoms with van der Waals surface area (Å²) in [5, 5.41) is 0.0538. The van der Waals surface area contributed by atoms with Gasteiger partial charge in [0.2, 0.25) is 0 Å². The van der Waals surface area contributed by atoms with E-state index in [9.17, 15) is 9.59 Å². The predicted molar refractivity (Wildman–Crippen MR) is 128 cm³/mol. The fourth-order valence-corrected chi connectivity index (χ4v) is 4.31. The van der Waals surface area contributed by atoms with Crippen molar-refractivity contribution in [1.29, 1.82) is 0 Å². The molecular formula is C24H26ClNO5S. The number of nitrogens with zero attached hydrogens (tertiary/aromatic N) is 1. The van der Waals surface area contributed by atoms with E-state index >= 15 is 0 Å². The fraction of sp³-hybridized carbons (Fsp3) is 0.333. The molecule has 8 heteroatoms. The summed E-state index contributed by atoms with van der Waals surface area (Å²) < 4.78 is 17.0. The first-order chi connectivity index (χ1) is 15.3. The van der Waals surface area contributed by atoms with Gasteiger partial charge in [-0.2, -0.15) is 0 Å². The molecule has 0 aromatic heterocycles. The Morgan fingerprint density at radius 3 is 2.47 bits per heavy atom. The van der Waals surface area contributed by atoms with E-state index in [1.54, 1.807) is 18.2 Å². The SMILES string of the molecule is CCOc1cc(/C=C2\SC(=O)N(CCOc3cc(C)ccc3C)C2=O)cc(Cl)c1OCC. The second kappa shape index (κ2) is 10.8. The number of halogens is 1. The number of thioether (sulfide) groups is 1. The van der Waals surface area contributed by atoms with Crippen molar-refractivity contribution < 1.29 is 23.8 Å².